The zero-order valence-electron chi connectivity index (χ0n) is 11.6. The van der Waals surface area contributed by atoms with Crippen LogP contribution in [-0.2, 0) is 4.79 Å². The summed E-state index contributed by atoms with van der Waals surface area (Å²) in [5.41, 5.74) is -1.09. The average Bonchev–Trinajstić information content (AvgIpc) is 2.37. The molecule has 0 aromatic heterocycles. The van der Waals surface area contributed by atoms with Gasteiger partial charge in [0, 0.05) is 25.0 Å². The van der Waals surface area contributed by atoms with Crippen molar-refractivity contribution in [2.45, 2.75) is 25.9 Å². The van der Waals surface area contributed by atoms with Gasteiger partial charge in [0.25, 0.3) is 0 Å². The Morgan fingerprint density at radius 1 is 1.29 bits per heavy atom. The molecule has 6 nitrogen and oxygen atoms in total. The van der Waals surface area contributed by atoms with Crippen molar-refractivity contribution < 1.29 is 33.7 Å². The van der Waals surface area contributed by atoms with Gasteiger partial charge in [-0.2, -0.15) is 0 Å². The quantitative estimate of drug-likeness (QED) is 0.865. The summed E-state index contributed by atoms with van der Waals surface area (Å²) in [6, 6.07) is 1.99. The summed E-state index contributed by atoms with van der Waals surface area (Å²) in [6.07, 6.45) is 0.0440. The Morgan fingerprint density at radius 2 is 1.90 bits per heavy atom. The minimum Gasteiger partial charge on any atom is -0.496 e. The van der Waals surface area contributed by atoms with E-state index in [4.69, 9.17) is 19.7 Å². The van der Waals surface area contributed by atoms with Crippen LogP contribution in [0.3, 0.4) is 0 Å². The summed E-state index contributed by atoms with van der Waals surface area (Å²) < 4.78 is 24.0. The maximum atomic E-state index is 13.8. The highest BCUT2D eigenvalue weighted by atomic mass is 19.1. The van der Waals surface area contributed by atoms with E-state index in [1.54, 1.807) is 6.92 Å². The molecule has 0 aliphatic heterocycles. The minimum absolute atomic E-state index is 0.101. The second kappa shape index (κ2) is 5.23. The molecule has 114 valence electrons. The molecular weight excluding hydrogens is 283 g/mol. The van der Waals surface area contributed by atoms with E-state index in [1.165, 1.54) is 7.11 Å². The molecule has 0 unspecified atom stereocenters. The molecule has 0 bridgehead atoms. The van der Waals surface area contributed by atoms with Crippen LogP contribution in [-0.4, -0.2) is 35.4 Å². The number of rotatable bonds is 5. The van der Waals surface area contributed by atoms with Gasteiger partial charge in [0.2, 0.25) is 0 Å². The van der Waals surface area contributed by atoms with Crippen LogP contribution < -0.4 is 9.47 Å². The summed E-state index contributed by atoms with van der Waals surface area (Å²) >= 11 is 0. The molecule has 0 saturated heterocycles. The van der Waals surface area contributed by atoms with Gasteiger partial charge in [-0.3, -0.25) is 4.79 Å². The van der Waals surface area contributed by atoms with E-state index in [-0.39, 0.29) is 29.9 Å². The van der Waals surface area contributed by atoms with Gasteiger partial charge in [-0.25, -0.2) is 9.18 Å². The van der Waals surface area contributed by atoms with Crippen molar-refractivity contribution in [3.8, 4) is 11.5 Å². The lowest BCUT2D eigenvalue weighted by molar-refractivity contribution is -0.159. The lowest BCUT2D eigenvalue weighted by atomic mass is 9.68. The van der Waals surface area contributed by atoms with Gasteiger partial charge in [-0.05, 0) is 6.92 Å². The molecule has 1 saturated carbocycles. The Kier molecular flexibility index (Phi) is 3.76. The second-order valence-corrected chi connectivity index (χ2v) is 5.30. The Balaban J connectivity index is 2.17. The van der Waals surface area contributed by atoms with Crippen LogP contribution in [0.4, 0.5) is 4.39 Å². The molecule has 7 heteroatoms. The third-order valence-electron chi connectivity index (χ3n) is 3.65. The molecule has 1 aromatic rings. The number of carbonyl (C=O) groups is 2. The minimum atomic E-state index is -1.26. The maximum Gasteiger partial charge on any atom is 0.339 e. The van der Waals surface area contributed by atoms with Crippen molar-refractivity contribution in [3.05, 3.63) is 23.5 Å². The van der Waals surface area contributed by atoms with Crippen LogP contribution in [0.5, 0.6) is 11.5 Å². The number of aliphatic carboxylic acids is 1. The fourth-order valence-corrected chi connectivity index (χ4v) is 2.34. The van der Waals surface area contributed by atoms with E-state index in [1.807, 2.05) is 0 Å². The third-order valence-corrected chi connectivity index (χ3v) is 3.65. The van der Waals surface area contributed by atoms with Gasteiger partial charge in [-0.1, -0.05) is 0 Å². The first kappa shape index (κ1) is 15.1. The first-order valence-electron chi connectivity index (χ1n) is 6.27. The van der Waals surface area contributed by atoms with E-state index >= 15 is 0 Å². The summed E-state index contributed by atoms with van der Waals surface area (Å²) in [4.78, 5) is 22.0. The van der Waals surface area contributed by atoms with Crippen LogP contribution in [0, 0.1) is 11.2 Å². The van der Waals surface area contributed by atoms with Crippen molar-refractivity contribution in [1.29, 1.82) is 0 Å². The standard InChI is InChI=1S/C14H15FO6/c1-14(13(18)19)5-7(6-14)21-11-3-8(12(16)17)10(20-2)4-9(11)15/h3-4,7H,5-6H2,1-2H3,(H,16,17)(H,18,19). The second-order valence-electron chi connectivity index (χ2n) is 5.30. The molecular formula is C14H15FO6. The van der Waals surface area contributed by atoms with Crippen molar-refractivity contribution in [2.75, 3.05) is 7.11 Å². The lowest BCUT2D eigenvalue weighted by Crippen LogP contribution is -2.47. The summed E-state index contributed by atoms with van der Waals surface area (Å²) in [5, 5.41) is 18.0. The van der Waals surface area contributed by atoms with Crippen molar-refractivity contribution in [3.63, 3.8) is 0 Å². The van der Waals surface area contributed by atoms with Crippen LogP contribution in [0.25, 0.3) is 0 Å². The highest BCUT2D eigenvalue weighted by molar-refractivity contribution is 5.91. The van der Waals surface area contributed by atoms with Crippen molar-refractivity contribution >= 4 is 11.9 Å². The van der Waals surface area contributed by atoms with Gasteiger partial charge in [0.15, 0.2) is 11.6 Å². The number of carboxylic acids is 2. The number of carboxylic acid groups (broad SMARTS) is 2. The summed E-state index contributed by atoms with van der Waals surface area (Å²) in [5.74, 6) is -3.26. The number of methoxy groups -OCH3 is 1. The predicted octanol–water partition coefficient (Wildman–Crippen LogP) is 2.16. The Bertz CT molecular complexity index is 591. The lowest BCUT2D eigenvalue weighted by Gasteiger charge is -2.41. The molecule has 2 N–H and O–H groups in total. The Hall–Kier alpha value is -2.31. The molecule has 1 aliphatic rings. The monoisotopic (exact) mass is 298 g/mol. The van der Waals surface area contributed by atoms with Gasteiger partial charge in [-0.15, -0.1) is 0 Å². The van der Waals surface area contributed by atoms with Crippen LogP contribution >= 0.6 is 0 Å². The highest BCUT2D eigenvalue weighted by Crippen LogP contribution is 2.43. The van der Waals surface area contributed by atoms with E-state index in [9.17, 15) is 14.0 Å². The fraction of sp³-hybridized carbons (Fsp3) is 0.429. The van der Waals surface area contributed by atoms with Gasteiger partial charge in [0.1, 0.15) is 17.4 Å². The van der Waals surface area contributed by atoms with E-state index in [0.29, 0.717) is 0 Å². The number of aromatic carboxylic acids is 1. The van der Waals surface area contributed by atoms with Crippen LogP contribution in [0.1, 0.15) is 30.1 Å². The van der Waals surface area contributed by atoms with E-state index < -0.39 is 29.3 Å². The van der Waals surface area contributed by atoms with Gasteiger partial charge < -0.3 is 19.7 Å². The predicted molar refractivity (Wildman–Crippen MR) is 69.3 cm³/mol. The fourth-order valence-electron chi connectivity index (χ4n) is 2.34. The number of ether oxygens (including phenoxy) is 2. The van der Waals surface area contributed by atoms with Crippen molar-refractivity contribution in [2.24, 2.45) is 5.41 Å². The SMILES string of the molecule is COc1cc(F)c(OC2CC(C)(C(=O)O)C2)cc1C(=O)O. The Morgan fingerprint density at radius 3 is 2.38 bits per heavy atom. The van der Waals surface area contributed by atoms with Gasteiger partial charge in [0.05, 0.1) is 12.5 Å². The zero-order valence-corrected chi connectivity index (χ0v) is 11.6. The molecule has 1 aliphatic carbocycles. The first-order chi connectivity index (χ1) is 9.76. The summed E-state index contributed by atoms with van der Waals surface area (Å²) in [6.45, 7) is 1.59. The van der Waals surface area contributed by atoms with E-state index in [0.717, 1.165) is 12.1 Å². The highest BCUT2D eigenvalue weighted by Gasteiger charge is 2.48. The topological polar surface area (TPSA) is 93.1 Å². The molecule has 1 fully saturated rings. The number of halogens is 1. The van der Waals surface area contributed by atoms with Crippen molar-refractivity contribution in [1.82, 2.24) is 0 Å². The molecule has 2 rings (SSSR count). The average molecular weight is 298 g/mol. The van der Waals surface area contributed by atoms with Gasteiger partial charge >= 0.3 is 11.9 Å². The first-order valence-corrected chi connectivity index (χ1v) is 6.27. The zero-order chi connectivity index (χ0) is 15.8. The molecule has 21 heavy (non-hydrogen) atoms. The molecule has 0 heterocycles. The third kappa shape index (κ3) is 2.76. The number of hydrogen-bond donors (Lipinski definition) is 2. The van der Waals surface area contributed by atoms with Crippen LogP contribution in [0.2, 0.25) is 0 Å². The maximum absolute atomic E-state index is 13.8. The smallest absolute Gasteiger partial charge is 0.339 e. The molecule has 1 aromatic carbocycles. The molecule has 0 atom stereocenters. The number of benzene rings is 1. The van der Waals surface area contributed by atoms with E-state index in [2.05, 4.69) is 0 Å². The molecule has 0 radical (unpaired) electrons. The molecule has 0 amide bonds. The summed E-state index contributed by atoms with van der Waals surface area (Å²) in [7, 11) is 1.24. The molecule has 0 spiro atoms. The largest absolute Gasteiger partial charge is 0.496 e. The normalized spacial score (nSPS) is 24.0. The van der Waals surface area contributed by atoms with Crippen LogP contribution in [0.15, 0.2) is 12.1 Å². The Labute approximate surface area is 120 Å². The number of hydrogen-bond acceptors (Lipinski definition) is 4.